The minimum atomic E-state index is -0.598. The number of rotatable bonds is 4. The third kappa shape index (κ3) is 3.23. The maximum atomic E-state index is 13.4. The van der Waals surface area contributed by atoms with E-state index in [1.165, 1.54) is 6.07 Å². The first-order valence-electron chi connectivity index (χ1n) is 5.64. The Kier molecular flexibility index (Phi) is 4.02. The maximum absolute atomic E-state index is 13.4. The first kappa shape index (κ1) is 13.4. The van der Waals surface area contributed by atoms with E-state index < -0.39 is 5.91 Å². The van der Waals surface area contributed by atoms with Gasteiger partial charge in [0.05, 0.1) is 10.6 Å². The van der Waals surface area contributed by atoms with Gasteiger partial charge in [-0.3, -0.25) is 4.79 Å². The third-order valence-electron chi connectivity index (χ3n) is 2.67. The molecule has 0 heterocycles. The summed E-state index contributed by atoms with van der Waals surface area (Å²) in [5.41, 5.74) is 6.63. The Hall–Kier alpha value is -2.07. The summed E-state index contributed by atoms with van der Waals surface area (Å²) in [7, 11) is 0. The van der Waals surface area contributed by atoms with Gasteiger partial charge >= 0.3 is 0 Å². The van der Waals surface area contributed by atoms with Gasteiger partial charge < -0.3 is 11.1 Å². The molecule has 0 aliphatic carbocycles. The van der Waals surface area contributed by atoms with Gasteiger partial charge in [0, 0.05) is 17.8 Å². The fraction of sp³-hybridized carbons (Fsp3) is 0.0714. The number of amides is 1. The first-order valence-corrected chi connectivity index (χ1v) is 6.02. The summed E-state index contributed by atoms with van der Waals surface area (Å²) in [6.07, 6.45) is 0. The molecule has 0 saturated carbocycles. The largest absolute Gasteiger partial charge is 0.381 e. The summed E-state index contributed by atoms with van der Waals surface area (Å²) in [5, 5.41) is 3.31. The molecule has 0 unspecified atom stereocenters. The molecule has 3 N–H and O–H groups in total. The van der Waals surface area contributed by atoms with E-state index in [1.807, 2.05) is 0 Å². The summed E-state index contributed by atoms with van der Waals surface area (Å²) in [6, 6.07) is 11.3. The van der Waals surface area contributed by atoms with Gasteiger partial charge in [0.2, 0.25) is 5.91 Å². The molecule has 0 spiro atoms. The zero-order chi connectivity index (χ0) is 13.8. The van der Waals surface area contributed by atoms with Gasteiger partial charge in [-0.1, -0.05) is 29.8 Å². The molecule has 0 aliphatic heterocycles. The van der Waals surface area contributed by atoms with Crippen LogP contribution in [0.4, 0.5) is 10.1 Å². The number of carbonyl (C=O) groups excluding carboxylic acids is 1. The lowest BCUT2D eigenvalue weighted by Gasteiger charge is -2.09. The van der Waals surface area contributed by atoms with E-state index in [4.69, 9.17) is 17.3 Å². The molecule has 1 amide bonds. The van der Waals surface area contributed by atoms with Crippen LogP contribution in [-0.4, -0.2) is 5.91 Å². The van der Waals surface area contributed by atoms with Crippen LogP contribution in [0.15, 0.2) is 42.5 Å². The number of hydrogen-bond acceptors (Lipinski definition) is 2. The van der Waals surface area contributed by atoms with Crippen LogP contribution in [0.1, 0.15) is 15.9 Å². The first-order chi connectivity index (χ1) is 9.08. The van der Waals surface area contributed by atoms with E-state index in [9.17, 15) is 9.18 Å². The second-order valence-electron chi connectivity index (χ2n) is 4.00. The highest BCUT2D eigenvalue weighted by molar-refractivity contribution is 6.33. The van der Waals surface area contributed by atoms with Gasteiger partial charge in [0.25, 0.3) is 0 Å². The monoisotopic (exact) mass is 278 g/mol. The Morgan fingerprint density at radius 2 is 2.00 bits per heavy atom. The SMILES string of the molecule is NC(=O)c1cc(NCc2ccccc2F)ccc1Cl. The normalized spacial score (nSPS) is 10.2. The minimum absolute atomic E-state index is 0.236. The van der Waals surface area contributed by atoms with Crippen molar-refractivity contribution in [2.24, 2.45) is 5.73 Å². The number of nitrogens with two attached hydrogens (primary N) is 1. The standard InChI is InChI=1S/C14H12ClFN2O/c15-12-6-5-10(7-11(12)14(17)19)18-8-9-3-1-2-4-13(9)16/h1-7,18H,8H2,(H2,17,19). The highest BCUT2D eigenvalue weighted by Crippen LogP contribution is 2.20. The molecule has 3 nitrogen and oxygen atoms in total. The number of benzene rings is 2. The zero-order valence-electron chi connectivity index (χ0n) is 9.99. The topological polar surface area (TPSA) is 55.1 Å². The molecule has 0 atom stereocenters. The summed E-state index contributed by atoms with van der Waals surface area (Å²) in [5.74, 6) is -0.876. The van der Waals surface area contributed by atoms with Crippen LogP contribution < -0.4 is 11.1 Å². The van der Waals surface area contributed by atoms with Crippen molar-refractivity contribution in [3.05, 3.63) is 64.4 Å². The van der Waals surface area contributed by atoms with Crippen molar-refractivity contribution >= 4 is 23.2 Å². The van der Waals surface area contributed by atoms with Gasteiger partial charge in [-0.25, -0.2) is 4.39 Å². The Bertz CT molecular complexity index is 616. The smallest absolute Gasteiger partial charge is 0.250 e. The van der Waals surface area contributed by atoms with Crippen LogP contribution in [0, 0.1) is 5.82 Å². The Morgan fingerprint density at radius 3 is 2.68 bits per heavy atom. The second kappa shape index (κ2) is 5.71. The molecule has 2 rings (SSSR count). The van der Waals surface area contributed by atoms with Gasteiger partial charge in [-0.2, -0.15) is 0 Å². The van der Waals surface area contributed by atoms with Crippen molar-refractivity contribution in [3.8, 4) is 0 Å². The molecule has 98 valence electrons. The van der Waals surface area contributed by atoms with Gasteiger partial charge in [0.1, 0.15) is 5.82 Å². The average Bonchev–Trinajstić information content (AvgIpc) is 2.39. The molecule has 0 saturated heterocycles. The highest BCUT2D eigenvalue weighted by Gasteiger charge is 2.07. The van der Waals surface area contributed by atoms with Crippen LogP contribution in [-0.2, 0) is 6.54 Å². The summed E-state index contributed by atoms with van der Waals surface area (Å²) < 4.78 is 13.4. The molecular formula is C14H12ClFN2O. The predicted molar refractivity (Wildman–Crippen MR) is 73.7 cm³/mol. The predicted octanol–water partition coefficient (Wildman–Crippen LogP) is 3.19. The summed E-state index contributed by atoms with van der Waals surface area (Å²) in [6.45, 7) is 0.312. The number of anilines is 1. The Morgan fingerprint density at radius 1 is 1.26 bits per heavy atom. The van der Waals surface area contributed by atoms with Crippen LogP contribution in [0.5, 0.6) is 0 Å². The zero-order valence-corrected chi connectivity index (χ0v) is 10.7. The summed E-state index contributed by atoms with van der Waals surface area (Å²) >= 11 is 5.84. The lowest BCUT2D eigenvalue weighted by Crippen LogP contribution is -2.12. The van der Waals surface area contributed by atoms with Crippen molar-refractivity contribution in [2.45, 2.75) is 6.54 Å². The maximum Gasteiger partial charge on any atom is 0.250 e. The lowest BCUT2D eigenvalue weighted by molar-refractivity contribution is 0.100. The van der Waals surface area contributed by atoms with E-state index in [1.54, 1.807) is 36.4 Å². The highest BCUT2D eigenvalue weighted by atomic mass is 35.5. The molecule has 19 heavy (non-hydrogen) atoms. The second-order valence-corrected chi connectivity index (χ2v) is 4.41. The Labute approximate surface area is 115 Å². The average molecular weight is 279 g/mol. The molecular weight excluding hydrogens is 267 g/mol. The van der Waals surface area contributed by atoms with Crippen LogP contribution in [0.3, 0.4) is 0 Å². The number of carbonyl (C=O) groups is 1. The van der Waals surface area contributed by atoms with Crippen LogP contribution >= 0.6 is 11.6 Å². The van der Waals surface area contributed by atoms with Gasteiger partial charge in [0.15, 0.2) is 0 Å². The molecule has 0 radical (unpaired) electrons. The number of hydrogen-bond donors (Lipinski definition) is 2. The molecule has 0 fully saturated rings. The van der Waals surface area contributed by atoms with E-state index >= 15 is 0 Å². The lowest BCUT2D eigenvalue weighted by atomic mass is 10.1. The quantitative estimate of drug-likeness (QED) is 0.902. The molecule has 0 bridgehead atoms. The number of halogens is 2. The van der Waals surface area contributed by atoms with E-state index in [0.29, 0.717) is 22.8 Å². The minimum Gasteiger partial charge on any atom is -0.381 e. The number of primary amides is 1. The van der Waals surface area contributed by atoms with Crippen molar-refractivity contribution in [2.75, 3.05) is 5.32 Å². The summed E-state index contributed by atoms with van der Waals surface area (Å²) in [4.78, 5) is 11.2. The van der Waals surface area contributed by atoms with Crippen LogP contribution in [0.2, 0.25) is 5.02 Å². The van der Waals surface area contributed by atoms with Gasteiger partial charge in [-0.05, 0) is 24.3 Å². The fourth-order valence-electron chi connectivity index (χ4n) is 1.66. The van der Waals surface area contributed by atoms with E-state index in [-0.39, 0.29) is 11.4 Å². The fourth-order valence-corrected chi connectivity index (χ4v) is 1.87. The van der Waals surface area contributed by atoms with Crippen molar-refractivity contribution in [3.63, 3.8) is 0 Å². The van der Waals surface area contributed by atoms with Crippen molar-refractivity contribution in [1.29, 1.82) is 0 Å². The molecule has 0 aromatic heterocycles. The van der Waals surface area contributed by atoms with E-state index in [2.05, 4.69) is 5.32 Å². The number of nitrogens with one attached hydrogen (secondary N) is 1. The molecule has 5 heteroatoms. The molecule has 2 aromatic carbocycles. The Balaban J connectivity index is 2.14. The molecule has 2 aromatic rings. The van der Waals surface area contributed by atoms with Crippen molar-refractivity contribution in [1.82, 2.24) is 0 Å². The van der Waals surface area contributed by atoms with Gasteiger partial charge in [-0.15, -0.1) is 0 Å². The third-order valence-corrected chi connectivity index (χ3v) is 3.00. The van der Waals surface area contributed by atoms with Crippen molar-refractivity contribution < 1.29 is 9.18 Å². The van der Waals surface area contributed by atoms with E-state index in [0.717, 1.165) is 0 Å². The van der Waals surface area contributed by atoms with Crippen LogP contribution in [0.25, 0.3) is 0 Å². The molecule has 0 aliphatic rings.